The Labute approximate surface area is 204 Å². The Morgan fingerprint density at radius 1 is 0.676 bits per heavy atom. The lowest BCUT2D eigenvalue weighted by Gasteiger charge is -2.31. The fourth-order valence-electron chi connectivity index (χ4n) is 4.16. The molecular weight excluding hydrogens is 432 g/mol. The van der Waals surface area contributed by atoms with E-state index in [1.165, 1.54) is 22.3 Å². The van der Waals surface area contributed by atoms with Gasteiger partial charge in [0, 0.05) is 0 Å². The van der Waals surface area contributed by atoms with Crippen molar-refractivity contribution in [2.75, 3.05) is 39.6 Å². The number of rotatable bonds is 12. The van der Waals surface area contributed by atoms with Gasteiger partial charge >= 0.3 is 0 Å². The van der Waals surface area contributed by atoms with Crippen LogP contribution in [-0.2, 0) is 18.9 Å². The summed E-state index contributed by atoms with van der Waals surface area (Å²) in [7, 11) is 0. The van der Waals surface area contributed by atoms with Crippen molar-refractivity contribution in [2.45, 2.75) is 66.0 Å². The summed E-state index contributed by atoms with van der Waals surface area (Å²) in [5, 5.41) is 0. The quantitative estimate of drug-likeness (QED) is 0.367. The molecule has 2 aromatic rings. The highest BCUT2D eigenvalue weighted by Crippen LogP contribution is 2.24. The van der Waals surface area contributed by atoms with Crippen LogP contribution < -0.4 is 9.47 Å². The second kappa shape index (κ2) is 13.1. The van der Waals surface area contributed by atoms with Crippen molar-refractivity contribution in [3.8, 4) is 11.5 Å². The summed E-state index contributed by atoms with van der Waals surface area (Å²) < 4.78 is 34.8. The molecule has 0 aromatic heterocycles. The Morgan fingerprint density at radius 2 is 1.09 bits per heavy atom. The maximum absolute atomic E-state index is 5.85. The largest absolute Gasteiger partial charge is 0.491 e. The fraction of sp³-hybridized carbons (Fsp3) is 0.571. The summed E-state index contributed by atoms with van der Waals surface area (Å²) in [5.41, 5.74) is 5.14. The van der Waals surface area contributed by atoms with E-state index in [0.717, 1.165) is 11.5 Å². The number of hydrogen-bond donors (Lipinski definition) is 0. The zero-order chi connectivity index (χ0) is 24.5. The van der Waals surface area contributed by atoms with Gasteiger partial charge in [-0.3, -0.25) is 0 Å². The van der Waals surface area contributed by atoms with Gasteiger partial charge < -0.3 is 28.4 Å². The topological polar surface area (TPSA) is 55.4 Å². The van der Waals surface area contributed by atoms with E-state index in [1.54, 1.807) is 0 Å². The van der Waals surface area contributed by atoms with E-state index in [-0.39, 0.29) is 0 Å². The number of ether oxygens (including phenoxy) is 6. The van der Waals surface area contributed by atoms with E-state index in [4.69, 9.17) is 28.4 Å². The van der Waals surface area contributed by atoms with Gasteiger partial charge in [-0.15, -0.1) is 0 Å². The van der Waals surface area contributed by atoms with Crippen LogP contribution >= 0.6 is 0 Å². The summed E-state index contributed by atoms with van der Waals surface area (Å²) in [4.78, 5) is 0. The van der Waals surface area contributed by atoms with Crippen molar-refractivity contribution in [2.24, 2.45) is 0 Å². The van der Waals surface area contributed by atoms with Gasteiger partial charge in [0.15, 0.2) is 0 Å². The Morgan fingerprint density at radius 3 is 1.44 bits per heavy atom. The minimum absolute atomic E-state index is 0.372. The highest BCUT2D eigenvalue weighted by atomic mass is 16.8. The highest BCUT2D eigenvalue weighted by Gasteiger charge is 2.28. The molecule has 2 aromatic carbocycles. The van der Waals surface area contributed by atoms with Crippen molar-refractivity contribution in [3.05, 3.63) is 58.7 Å². The van der Waals surface area contributed by atoms with Gasteiger partial charge in [0.05, 0.1) is 26.4 Å². The first-order chi connectivity index (χ1) is 16.3. The first-order valence-corrected chi connectivity index (χ1v) is 12.3. The first kappa shape index (κ1) is 26.5. The molecule has 6 heteroatoms. The Balaban J connectivity index is 1.38. The van der Waals surface area contributed by atoms with Crippen LogP contribution in [0.2, 0.25) is 0 Å². The molecule has 1 saturated heterocycles. The van der Waals surface area contributed by atoms with Gasteiger partial charge in [-0.1, -0.05) is 39.8 Å². The zero-order valence-corrected chi connectivity index (χ0v) is 21.5. The van der Waals surface area contributed by atoms with Crippen LogP contribution in [0.4, 0.5) is 0 Å². The third-order valence-electron chi connectivity index (χ3n) is 5.86. The average molecular weight is 473 g/mol. The molecule has 1 heterocycles. The van der Waals surface area contributed by atoms with E-state index < -0.39 is 12.6 Å². The number of hydrogen-bond acceptors (Lipinski definition) is 6. The molecule has 2 atom stereocenters. The SMILES string of the molecule is Cc1cc(OCCO[C@@H]2OCCO[C@@H]2OCCOc2ccc(C(C)C)c(C)c2)ccc1C(C)C. The molecule has 1 aliphatic rings. The second-order valence-corrected chi connectivity index (χ2v) is 9.26. The maximum Gasteiger partial charge on any atom is 0.209 e. The zero-order valence-electron chi connectivity index (χ0n) is 21.5. The highest BCUT2D eigenvalue weighted by molar-refractivity contribution is 5.37. The van der Waals surface area contributed by atoms with Crippen LogP contribution in [0.25, 0.3) is 0 Å². The fourth-order valence-corrected chi connectivity index (χ4v) is 4.16. The minimum Gasteiger partial charge on any atom is -0.491 e. The molecule has 0 N–H and O–H groups in total. The van der Waals surface area contributed by atoms with E-state index in [0.29, 0.717) is 51.5 Å². The van der Waals surface area contributed by atoms with Gasteiger partial charge in [0.1, 0.15) is 24.7 Å². The predicted molar refractivity (Wildman–Crippen MR) is 133 cm³/mol. The first-order valence-electron chi connectivity index (χ1n) is 12.3. The summed E-state index contributed by atoms with van der Waals surface area (Å²) in [6.45, 7) is 15.5. The molecule has 1 aliphatic heterocycles. The van der Waals surface area contributed by atoms with Crippen LogP contribution in [0.3, 0.4) is 0 Å². The van der Waals surface area contributed by atoms with Crippen molar-refractivity contribution in [1.82, 2.24) is 0 Å². The van der Waals surface area contributed by atoms with Crippen LogP contribution in [0.15, 0.2) is 36.4 Å². The third kappa shape index (κ3) is 7.70. The molecule has 0 radical (unpaired) electrons. The third-order valence-corrected chi connectivity index (χ3v) is 5.86. The smallest absolute Gasteiger partial charge is 0.209 e. The minimum atomic E-state index is -0.588. The molecule has 0 unspecified atom stereocenters. The molecule has 0 spiro atoms. The normalized spacial score (nSPS) is 18.5. The molecule has 0 bridgehead atoms. The van der Waals surface area contributed by atoms with Gasteiger partial charge in [0.25, 0.3) is 0 Å². The summed E-state index contributed by atoms with van der Waals surface area (Å²) in [6.07, 6.45) is -1.18. The lowest BCUT2D eigenvalue weighted by Crippen LogP contribution is -2.43. The average Bonchev–Trinajstić information content (AvgIpc) is 2.80. The molecule has 0 amide bonds. The van der Waals surface area contributed by atoms with Gasteiger partial charge in [0.2, 0.25) is 12.6 Å². The van der Waals surface area contributed by atoms with E-state index in [9.17, 15) is 0 Å². The molecule has 34 heavy (non-hydrogen) atoms. The van der Waals surface area contributed by atoms with Crippen molar-refractivity contribution < 1.29 is 28.4 Å². The van der Waals surface area contributed by atoms with Crippen molar-refractivity contribution in [1.29, 1.82) is 0 Å². The molecule has 188 valence electrons. The lowest BCUT2D eigenvalue weighted by atomic mass is 9.98. The predicted octanol–water partition coefficient (Wildman–Crippen LogP) is 5.74. The standard InChI is InChI=1S/C28H40O6/c1-19(2)25-9-7-23(17-21(25)5)29-11-13-31-27-28(34-16-15-33-27)32-14-12-30-24-8-10-26(20(3)4)22(6)18-24/h7-10,17-20,27-28H,11-16H2,1-6H3/t27-,28+. The van der Waals surface area contributed by atoms with Gasteiger partial charge in [-0.2, -0.15) is 0 Å². The molecule has 6 nitrogen and oxygen atoms in total. The summed E-state index contributed by atoms with van der Waals surface area (Å²) >= 11 is 0. The summed E-state index contributed by atoms with van der Waals surface area (Å²) in [6, 6.07) is 12.4. The molecule has 3 rings (SSSR count). The molecule has 0 aliphatic carbocycles. The van der Waals surface area contributed by atoms with Crippen LogP contribution in [-0.4, -0.2) is 52.2 Å². The molecular formula is C28H40O6. The summed E-state index contributed by atoms with van der Waals surface area (Å²) in [5.74, 6) is 2.68. The van der Waals surface area contributed by atoms with Gasteiger partial charge in [-0.05, 0) is 72.2 Å². The van der Waals surface area contributed by atoms with Crippen molar-refractivity contribution in [3.63, 3.8) is 0 Å². The maximum atomic E-state index is 5.85. The second-order valence-electron chi connectivity index (χ2n) is 9.26. The van der Waals surface area contributed by atoms with Crippen molar-refractivity contribution >= 4 is 0 Å². The number of aryl methyl sites for hydroxylation is 2. The van der Waals surface area contributed by atoms with Crippen LogP contribution in [0, 0.1) is 13.8 Å². The van der Waals surface area contributed by atoms with E-state index in [1.807, 2.05) is 12.1 Å². The van der Waals surface area contributed by atoms with E-state index in [2.05, 4.69) is 65.8 Å². The van der Waals surface area contributed by atoms with Gasteiger partial charge in [-0.25, -0.2) is 0 Å². The monoisotopic (exact) mass is 472 g/mol. The Hall–Kier alpha value is -2.12. The van der Waals surface area contributed by atoms with E-state index >= 15 is 0 Å². The lowest BCUT2D eigenvalue weighted by molar-refractivity contribution is -0.321. The molecule has 1 fully saturated rings. The Kier molecular flexibility index (Phi) is 10.2. The number of benzene rings is 2. The Bertz CT molecular complexity index is 821. The van der Waals surface area contributed by atoms with Crippen LogP contribution in [0.5, 0.6) is 11.5 Å². The molecule has 0 saturated carbocycles. The van der Waals surface area contributed by atoms with Crippen LogP contribution in [0.1, 0.15) is 61.8 Å².